The Hall–Kier alpha value is -1.17. The van der Waals surface area contributed by atoms with Crippen molar-refractivity contribution in [3.8, 4) is 0 Å². The third kappa shape index (κ3) is 2.62. The Balaban J connectivity index is 1.49. The van der Waals surface area contributed by atoms with E-state index in [0.29, 0.717) is 6.42 Å². The Kier molecular flexibility index (Phi) is 4.03. The molecule has 3 nitrogen and oxygen atoms in total. The molecule has 2 aliphatic rings. The molecule has 2 aromatic heterocycles. The molecule has 1 amide bonds. The highest BCUT2D eigenvalue weighted by Crippen LogP contribution is 2.37. The molecular formula is C17H19NO2S2. The molecule has 22 heavy (non-hydrogen) atoms. The largest absolute Gasteiger partial charge is 0.373 e. The van der Waals surface area contributed by atoms with Crippen LogP contribution in [0.1, 0.15) is 47.4 Å². The Morgan fingerprint density at radius 2 is 2.32 bits per heavy atom. The van der Waals surface area contributed by atoms with Crippen LogP contribution in [0.4, 0.5) is 0 Å². The minimum absolute atomic E-state index is 0.0498. The Morgan fingerprint density at radius 1 is 1.36 bits per heavy atom. The quantitative estimate of drug-likeness (QED) is 0.843. The number of hydrogen-bond acceptors (Lipinski definition) is 4. The monoisotopic (exact) mass is 333 g/mol. The molecule has 0 radical (unpaired) electrons. The van der Waals surface area contributed by atoms with E-state index < -0.39 is 0 Å². The summed E-state index contributed by atoms with van der Waals surface area (Å²) in [6.07, 6.45) is 3.59. The first-order valence-electron chi connectivity index (χ1n) is 7.82. The zero-order chi connectivity index (χ0) is 14.9. The summed E-state index contributed by atoms with van der Waals surface area (Å²) in [5.41, 5.74) is 2.52. The van der Waals surface area contributed by atoms with Gasteiger partial charge in [0.2, 0.25) is 5.91 Å². The van der Waals surface area contributed by atoms with E-state index in [-0.39, 0.29) is 18.1 Å². The Morgan fingerprint density at radius 3 is 3.18 bits per heavy atom. The fourth-order valence-electron chi connectivity index (χ4n) is 3.55. The van der Waals surface area contributed by atoms with E-state index in [4.69, 9.17) is 4.74 Å². The third-order valence-electron chi connectivity index (χ3n) is 4.64. The maximum Gasteiger partial charge on any atom is 0.226 e. The molecule has 0 aliphatic carbocycles. The van der Waals surface area contributed by atoms with Crippen LogP contribution in [0.2, 0.25) is 0 Å². The first-order valence-corrected chi connectivity index (χ1v) is 9.64. The fraction of sp³-hybridized carbons (Fsp3) is 0.471. The summed E-state index contributed by atoms with van der Waals surface area (Å²) in [7, 11) is 0. The molecule has 0 bridgehead atoms. The molecule has 2 aromatic rings. The van der Waals surface area contributed by atoms with Crippen LogP contribution in [0.15, 0.2) is 28.3 Å². The summed E-state index contributed by atoms with van der Waals surface area (Å²) in [5, 5.41) is 6.38. The van der Waals surface area contributed by atoms with Crippen LogP contribution in [-0.2, 0) is 16.0 Å². The molecular weight excluding hydrogens is 314 g/mol. The van der Waals surface area contributed by atoms with Crippen molar-refractivity contribution in [3.05, 3.63) is 44.3 Å². The van der Waals surface area contributed by atoms with Crippen molar-refractivity contribution in [1.29, 1.82) is 0 Å². The summed E-state index contributed by atoms with van der Waals surface area (Å²) in [6, 6.07) is 4.54. The van der Waals surface area contributed by atoms with Crippen molar-refractivity contribution >= 4 is 28.6 Å². The van der Waals surface area contributed by atoms with Gasteiger partial charge in [0.15, 0.2) is 0 Å². The maximum atomic E-state index is 12.8. The molecule has 1 fully saturated rings. The number of rotatable bonds is 3. The molecule has 0 N–H and O–H groups in total. The number of fused-ring (bicyclic) bond motifs is 1. The van der Waals surface area contributed by atoms with Crippen LogP contribution in [0.5, 0.6) is 0 Å². The second kappa shape index (κ2) is 6.14. The minimum Gasteiger partial charge on any atom is -0.373 e. The molecule has 4 heterocycles. The Bertz CT molecular complexity index is 649. The maximum absolute atomic E-state index is 12.8. The number of carbonyl (C=O) groups excluding carboxylic acids is 1. The number of amides is 1. The van der Waals surface area contributed by atoms with Crippen molar-refractivity contribution in [2.24, 2.45) is 0 Å². The van der Waals surface area contributed by atoms with Crippen LogP contribution < -0.4 is 0 Å². The number of thiophene rings is 2. The predicted octanol–water partition coefficient (Wildman–Crippen LogP) is 4.18. The predicted molar refractivity (Wildman–Crippen MR) is 89.3 cm³/mol. The lowest BCUT2D eigenvalue weighted by Gasteiger charge is -2.28. The van der Waals surface area contributed by atoms with Crippen molar-refractivity contribution in [1.82, 2.24) is 4.90 Å². The second-order valence-corrected chi connectivity index (χ2v) is 7.70. The van der Waals surface area contributed by atoms with Crippen molar-refractivity contribution in [3.63, 3.8) is 0 Å². The van der Waals surface area contributed by atoms with Gasteiger partial charge in [0.1, 0.15) is 0 Å². The van der Waals surface area contributed by atoms with Gasteiger partial charge in [-0.15, -0.1) is 11.3 Å². The zero-order valence-electron chi connectivity index (χ0n) is 12.4. The summed E-state index contributed by atoms with van der Waals surface area (Å²) < 4.78 is 5.88. The fourth-order valence-corrected chi connectivity index (χ4v) is 5.17. The number of hydrogen-bond donors (Lipinski definition) is 0. The van der Waals surface area contributed by atoms with Crippen LogP contribution >= 0.6 is 22.7 Å². The molecule has 0 saturated carbocycles. The summed E-state index contributed by atoms with van der Waals surface area (Å²) >= 11 is 3.49. The van der Waals surface area contributed by atoms with Gasteiger partial charge in [0.05, 0.1) is 25.2 Å². The molecule has 116 valence electrons. The van der Waals surface area contributed by atoms with E-state index in [9.17, 15) is 4.79 Å². The number of likely N-dealkylation sites (tertiary alicyclic amines) is 1. The molecule has 2 atom stereocenters. The average Bonchev–Trinajstić information content (AvgIpc) is 3.27. The highest BCUT2D eigenvalue weighted by atomic mass is 32.1. The SMILES string of the molecule is O=C(C[C@@H]1OCCc2sccc21)N1CCC[C@H]1c1ccsc1. The molecule has 2 aliphatic heterocycles. The third-order valence-corrected chi connectivity index (χ3v) is 6.33. The second-order valence-electron chi connectivity index (χ2n) is 5.91. The van der Waals surface area contributed by atoms with Crippen LogP contribution in [-0.4, -0.2) is 24.0 Å². The zero-order valence-corrected chi connectivity index (χ0v) is 14.0. The van der Waals surface area contributed by atoms with E-state index in [0.717, 1.165) is 32.4 Å². The van der Waals surface area contributed by atoms with Crippen molar-refractivity contribution < 1.29 is 9.53 Å². The van der Waals surface area contributed by atoms with E-state index in [1.807, 2.05) is 0 Å². The standard InChI is InChI=1S/C17H19NO2S2/c19-17(10-15-13-5-9-22-16(13)3-7-20-15)18-6-1-2-14(18)12-4-8-21-11-12/h4-5,8-9,11,14-15H,1-3,6-7,10H2/t14-,15-/m0/s1. The van der Waals surface area contributed by atoms with Gasteiger partial charge in [-0.25, -0.2) is 0 Å². The van der Waals surface area contributed by atoms with Gasteiger partial charge in [-0.1, -0.05) is 0 Å². The highest BCUT2D eigenvalue weighted by Gasteiger charge is 2.33. The van der Waals surface area contributed by atoms with Gasteiger partial charge in [0.25, 0.3) is 0 Å². The minimum atomic E-state index is -0.0498. The Labute approximate surface area is 138 Å². The van der Waals surface area contributed by atoms with Gasteiger partial charge in [0, 0.05) is 17.8 Å². The number of nitrogens with zero attached hydrogens (tertiary/aromatic N) is 1. The van der Waals surface area contributed by atoms with Gasteiger partial charge in [-0.2, -0.15) is 11.3 Å². The lowest BCUT2D eigenvalue weighted by Crippen LogP contribution is -2.32. The van der Waals surface area contributed by atoms with Gasteiger partial charge in [-0.3, -0.25) is 4.79 Å². The van der Waals surface area contributed by atoms with E-state index >= 15 is 0 Å². The van der Waals surface area contributed by atoms with E-state index in [2.05, 4.69) is 33.2 Å². The smallest absolute Gasteiger partial charge is 0.226 e. The van der Waals surface area contributed by atoms with Gasteiger partial charge in [-0.05, 0) is 52.2 Å². The summed E-state index contributed by atoms with van der Waals surface area (Å²) in [5.74, 6) is 0.234. The van der Waals surface area contributed by atoms with Crippen LogP contribution in [0, 0.1) is 0 Å². The molecule has 0 unspecified atom stereocenters. The molecule has 0 aromatic carbocycles. The van der Waals surface area contributed by atoms with Gasteiger partial charge < -0.3 is 9.64 Å². The normalized spacial score (nSPS) is 24.5. The topological polar surface area (TPSA) is 29.5 Å². The lowest BCUT2D eigenvalue weighted by molar-refractivity contribution is -0.135. The molecule has 0 spiro atoms. The van der Waals surface area contributed by atoms with E-state index in [1.54, 1.807) is 22.7 Å². The first kappa shape index (κ1) is 14.4. The van der Waals surface area contributed by atoms with Crippen LogP contribution in [0.25, 0.3) is 0 Å². The van der Waals surface area contributed by atoms with Crippen molar-refractivity contribution in [2.75, 3.05) is 13.2 Å². The molecule has 4 rings (SSSR count). The molecule has 5 heteroatoms. The van der Waals surface area contributed by atoms with Crippen molar-refractivity contribution in [2.45, 2.75) is 37.8 Å². The summed E-state index contributed by atoms with van der Waals surface area (Å²) in [4.78, 5) is 16.3. The number of ether oxygens (including phenoxy) is 1. The number of carbonyl (C=O) groups is 1. The van der Waals surface area contributed by atoms with Gasteiger partial charge >= 0.3 is 0 Å². The van der Waals surface area contributed by atoms with E-state index in [1.165, 1.54) is 16.0 Å². The molecule has 1 saturated heterocycles. The summed E-state index contributed by atoms with van der Waals surface area (Å²) in [6.45, 7) is 1.61. The lowest BCUT2D eigenvalue weighted by atomic mass is 10.0. The van der Waals surface area contributed by atoms with Crippen LogP contribution in [0.3, 0.4) is 0 Å². The highest BCUT2D eigenvalue weighted by molar-refractivity contribution is 7.10. The first-order chi connectivity index (χ1) is 10.8. The average molecular weight is 333 g/mol.